The van der Waals surface area contributed by atoms with Crippen molar-refractivity contribution in [1.82, 2.24) is 13.9 Å². The smallest absolute Gasteiger partial charge is 0.274 e. The predicted octanol–water partition coefficient (Wildman–Crippen LogP) is 3.63. The quantitative estimate of drug-likeness (QED) is 0.590. The van der Waals surface area contributed by atoms with Gasteiger partial charge in [0.2, 0.25) is 10.0 Å². The summed E-state index contributed by atoms with van der Waals surface area (Å²) in [6, 6.07) is 15.8. The number of nitrogens with one attached hydrogen (secondary N) is 1. The van der Waals surface area contributed by atoms with E-state index < -0.39 is 10.0 Å². The highest BCUT2D eigenvalue weighted by molar-refractivity contribution is 7.98. The first-order chi connectivity index (χ1) is 14.5. The number of anilines is 1. The first-order valence-corrected chi connectivity index (χ1v) is 12.3. The number of benzene rings is 2. The van der Waals surface area contributed by atoms with Crippen LogP contribution in [0.25, 0.3) is 5.69 Å². The maximum atomic E-state index is 12.9. The molecular formula is C21H22N4O3S2. The number of sulfonamides is 1. The molecule has 0 aliphatic carbocycles. The van der Waals surface area contributed by atoms with E-state index in [0.717, 1.165) is 18.5 Å². The summed E-state index contributed by atoms with van der Waals surface area (Å²) >= 11 is 1.45. The van der Waals surface area contributed by atoms with Crippen molar-refractivity contribution in [2.24, 2.45) is 0 Å². The average molecular weight is 443 g/mol. The molecule has 0 radical (unpaired) electrons. The van der Waals surface area contributed by atoms with Crippen LogP contribution < -0.4 is 5.32 Å². The molecule has 4 rings (SSSR count). The first kappa shape index (κ1) is 20.6. The highest BCUT2D eigenvalue weighted by atomic mass is 32.2. The van der Waals surface area contributed by atoms with Crippen molar-refractivity contribution in [3.63, 3.8) is 0 Å². The summed E-state index contributed by atoms with van der Waals surface area (Å²) in [5, 5.41) is 3.54. The van der Waals surface area contributed by atoms with Crippen molar-refractivity contribution >= 4 is 33.4 Å². The summed E-state index contributed by atoms with van der Waals surface area (Å²) in [6.07, 6.45) is 5.23. The van der Waals surface area contributed by atoms with Crippen LogP contribution in [0.3, 0.4) is 0 Å². The Kier molecular flexibility index (Phi) is 5.94. The van der Waals surface area contributed by atoms with Crippen molar-refractivity contribution in [2.75, 3.05) is 24.7 Å². The van der Waals surface area contributed by atoms with E-state index in [4.69, 9.17) is 0 Å². The molecule has 1 aliphatic heterocycles. The molecule has 0 saturated carbocycles. The van der Waals surface area contributed by atoms with Gasteiger partial charge < -0.3 is 5.32 Å². The van der Waals surface area contributed by atoms with Crippen LogP contribution in [0.1, 0.15) is 23.3 Å². The molecule has 0 bridgehead atoms. The van der Waals surface area contributed by atoms with E-state index in [2.05, 4.69) is 10.3 Å². The van der Waals surface area contributed by atoms with Crippen molar-refractivity contribution in [1.29, 1.82) is 0 Å². The number of para-hydroxylation sites is 1. The number of thioether (sulfide) groups is 1. The Morgan fingerprint density at radius 2 is 1.70 bits per heavy atom. The largest absolute Gasteiger partial charge is 0.321 e. The molecule has 1 aliphatic rings. The molecule has 1 fully saturated rings. The van der Waals surface area contributed by atoms with Crippen LogP contribution in [-0.4, -0.2) is 47.5 Å². The molecule has 156 valence electrons. The number of imidazole rings is 1. The van der Waals surface area contributed by atoms with E-state index in [9.17, 15) is 13.2 Å². The Labute approximate surface area is 180 Å². The molecule has 1 aromatic heterocycles. The van der Waals surface area contributed by atoms with E-state index in [-0.39, 0.29) is 10.8 Å². The zero-order valence-corrected chi connectivity index (χ0v) is 18.1. The zero-order valence-electron chi connectivity index (χ0n) is 16.5. The fourth-order valence-electron chi connectivity index (χ4n) is 3.45. The molecule has 2 aromatic carbocycles. The van der Waals surface area contributed by atoms with Gasteiger partial charge in [-0.25, -0.2) is 13.4 Å². The van der Waals surface area contributed by atoms with E-state index >= 15 is 0 Å². The summed E-state index contributed by atoms with van der Waals surface area (Å²) in [4.78, 5) is 17.5. The van der Waals surface area contributed by atoms with Gasteiger partial charge in [-0.3, -0.25) is 9.36 Å². The Balaban J connectivity index is 1.56. The molecule has 1 amide bonds. The van der Waals surface area contributed by atoms with Crippen molar-refractivity contribution < 1.29 is 13.2 Å². The van der Waals surface area contributed by atoms with Crippen molar-refractivity contribution in [2.45, 2.75) is 22.9 Å². The number of hydrogen-bond acceptors (Lipinski definition) is 5. The van der Waals surface area contributed by atoms with Crippen LogP contribution >= 0.6 is 11.8 Å². The topological polar surface area (TPSA) is 84.3 Å². The Bertz CT molecular complexity index is 1140. The second kappa shape index (κ2) is 8.63. The highest BCUT2D eigenvalue weighted by Crippen LogP contribution is 2.24. The number of nitrogens with zero attached hydrogens (tertiary/aromatic N) is 3. The van der Waals surface area contributed by atoms with E-state index in [0.29, 0.717) is 29.6 Å². The van der Waals surface area contributed by atoms with E-state index in [1.807, 2.05) is 36.6 Å². The summed E-state index contributed by atoms with van der Waals surface area (Å²) in [7, 11) is -3.48. The van der Waals surface area contributed by atoms with Crippen molar-refractivity contribution in [3.05, 3.63) is 66.5 Å². The Hall–Kier alpha value is -2.62. The minimum Gasteiger partial charge on any atom is -0.321 e. The predicted molar refractivity (Wildman–Crippen MR) is 118 cm³/mol. The SMILES string of the molecule is CSc1ncc(C(=O)Nc2ccc(S(=O)(=O)N3CCCC3)cc2)n1-c1ccccc1. The van der Waals surface area contributed by atoms with E-state index in [1.54, 1.807) is 22.9 Å². The molecule has 0 unspecified atom stereocenters. The average Bonchev–Trinajstić information content (AvgIpc) is 3.45. The molecule has 30 heavy (non-hydrogen) atoms. The van der Waals surface area contributed by atoms with Crippen LogP contribution in [0.5, 0.6) is 0 Å². The van der Waals surface area contributed by atoms with E-state index in [1.165, 1.54) is 28.2 Å². The summed E-state index contributed by atoms with van der Waals surface area (Å²) in [6.45, 7) is 1.12. The van der Waals surface area contributed by atoms with Crippen LogP contribution in [-0.2, 0) is 10.0 Å². The highest BCUT2D eigenvalue weighted by Gasteiger charge is 2.27. The lowest BCUT2D eigenvalue weighted by Crippen LogP contribution is -2.27. The molecule has 1 N–H and O–H groups in total. The normalized spacial score (nSPS) is 14.7. The van der Waals surface area contributed by atoms with Gasteiger partial charge in [-0.1, -0.05) is 30.0 Å². The summed E-state index contributed by atoms with van der Waals surface area (Å²) < 4.78 is 28.6. The molecule has 7 nitrogen and oxygen atoms in total. The second-order valence-electron chi connectivity index (χ2n) is 6.89. The van der Waals surface area contributed by atoms with Crippen molar-refractivity contribution in [3.8, 4) is 5.69 Å². The number of carbonyl (C=O) groups is 1. The molecular weight excluding hydrogens is 420 g/mol. The monoisotopic (exact) mass is 442 g/mol. The van der Waals surface area contributed by atoms with Gasteiger partial charge in [-0.2, -0.15) is 4.31 Å². The van der Waals surface area contributed by atoms with Crippen LogP contribution in [0.4, 0.5) is 5.69 Å². The van der Waals surface area contributed by atoms with Crippen LogP contribution in [0, 0.1) is 0 Å². The van der Waals surface area contributed by atoms with Gasteiger partial charge in [-0.05, 0) is 55.5 Å². The third-order valence-electron chi connectivity index (χ3n) is 4.97. The number of amides is 1. The Morgan fingerprint density at radius 3 is 2.33 bits per heavy atom. The first-order valence-electron chi connectivity index (χ1n) is 9.59. The standard InChI is InChI=1S/C21H22N4O3S2/c1-29-21-22-15-19(25(21)17-7-3-2-4-8-17)20(26)23-16-9-11-18(12-10-16)30(27,28)24-13-5-6-14-24/h2-4,7-12,15H,5-6,13-14H2,1H3,(H,23,26). The van der Waals surface area contributed by atoms with Gasteiger partial charge in [0.05, 0.1) is 11.1 Å². The molecule has 0 spiro atoms. The number of rotatable bonds is 6. The van der Waals surface area contributed by atoms with Crippen LogP contribution in [0.2, 0.25) is 0 Å². The lowest BCUT2D eigenvalue weighted by Gasteiger charge is -2.16. The number of hydrogen-bond donors (Lipinski definition) is 1. The molecule has 2 heterocycles. The lowest BCUT2D eigenvalue weighted by atomic mass is 10.3. The fraction of sp³-hybridized carbons (Fsp3) is 0.238. The maximum Gasteiger partial charge on any atom is 0.274 e. The minimum absolute atomic E-state index is 0.237. The lowest BCUT2D eigenvalue weighted by molar-refractivity contribution is 0.102. The van der Waals surface area contributed by atoms with Crippen LogP contribution in [0.15, 0.2) is 70.8 Å². The zero-order chi connectivity index (χ0) is 21.1. The molecule has 1 saturated heterocycles. The number of carbonyl (C=O) groups excluding carboxylic acids is 1. The molecule has 0 atom stereocenters. The van der Waals surface area contributed by atoms with Gasteiger partial charge in [0.1, 0.15) is 5.69 Å². The van der Waals surface area contributed by atoms with Gasteiger partial charge in [-0.15, -0.1) is 0 Å². The Morgan fingerprint density at radius 1 is 1.03 bits per heavy atom. The molecule has 9 heteroatoms. The van der Waals surface area contributed by atoms with Gasteiger partial charge in [0, 0.05) is 24.5 Å². The van der Waals surface area contributed by atoms with Gasteiger partial charge in [0.15, 0.2) is 5.16 Å². The minimum atomic E-state index is -3.48. The summed E-state index contributed by atoms with van der Waals surface area (Å²) in [5.74, 6) is -0.318. The molecule has 3 aromatic rings. The third kappa shape index (κ3) is 4.00. The summed E-state index contributed by atoms with van der Waals surface area (Å²) in [5.41, 5.74) is 1.77. The second-order valence-corrected chi connectivity index (χ2v) is 9.60. The number of aromatic nitrogens is 2. The maximum absolute atomic E-state index is 12.9. The van der Waals surface area contributed by atoms with Gasteiger partial charge in [0.25, 0.3) is 5.91 Å². The third-order valence-corrected chi connectivity index (χ3v) is 7.54. The fourth-order valence-corrected chi connectivity index (χ4v) is 5.51. The van der Waals surface area contributed by atoms with Gasteiger partial charge >= 0.3 is 0 Å².